The Labute approximate surface area is 124 Å². The molecule has 116 valence electrons. The van der Waals surface area contributed by atoms with Gasteiger partial charge in [-0.05, 0) is 32.4 Å². The van der Waals surface area contributed by atoms with E-state index in [2.05, 4.69) is 15.3 Å². The molecule has 1 amide bonds. The third-order valence-corrected chi connectivity index (χ3v) is 3.77. The number of rotatable bonds is 5. The Kier molecular flexibility index (Phi) is 5.32. The van der Waals surface area contributed by atoms with Crippen molar-refractivity contribution in [2.24, 2.45) is 5.92 Å². The van der Waals surface area contributed by atoms with Crippen molar-refractivity contribution in [3.8, 4) is 11.8 Å². The molecular weight excluding hydrogens is 272 g/mol. The summed E-state index contributed by atoms with van der Waals surface area (Å²) < 4.78 is 10.3. The van der Waals surface area contributed by atoms with Crippen LogP contribution in [-0.2, 0) is 0 Å². The molecule has 1 N–H and O–H groups in total. The number of nitrogens with zero attached hydrogens (tertiary/aromatic N) is 3. The maximum Gasteiger partial charge on any atom is 0.264 e. The van der Waals surface area contributed by atoms with E-state index in [9.17, 15) is 4.79 Å². The second kappa shape index (κ2) is 7.21. The van der Waals surface area contributed by atoms with Gasteiger partial charge in [0.25, 0.3) is 5.91 Å². The molecule has 0 unspecified atom stereocenters. The van der Waals surface area contributed by atoms with Crippen molar-refractivity contribution in [2.75, 3.05) is 40.9 Å². The van der Waals surface area contributed by atoms with Crippen LogP contribution in [0.1, 0.15) is 23.2 Å². The first-order valence-corrected chi connectivity index (χ1v) is 7.08. The number of hydrogen-bond donors (Lipinski definition) is 1. The molecule has 1 saturated heterocycles. The minimum absolute atomic E-state index is 0.132. The van der Waals surface area contributed by atoms with Crippen molar-refractivity contribution in [1.29, 1.82) is 0 Å². The molecule has 2 heterocycles. The molecule has 1 aliphatic heterocycles. The lowest BCUT2D eigenvalue weighted by atomic mass is 9.96. The van der Waals surface area contributed by atoms with Gasteiger partial charge in [-0.1, -0.05) is 0 Å². The van der Waals surface area contributed by atoms with Gasteiger partial charge in [-0.25, -0.2) is 9.97 Å². The fourth-order valence-corrected chi connectivity index (χ4v) is 2.63. The molecule has 0 aliphatic carbocycles. The van der Waals surface area contributed by atoms with Crippen LogP contribution < -0.4 is 14.8 Å². The lowest BCUT2D eigenvalue weighted by molar-refractivity contribution is 0.0682. The Hall–Kier alpha value is -1.89. The van der Waals surface area contributed by atoms with Gasteiger partial charge in [0.1, 0.15) is 6.33 Å². The van der Waals surface area contributed by atoms with Crippen LogP contribution in [0.15, 0.2) is 6.33 Å². The first-order chi connectivity index (χ1) is 10.2. The van der Waals surface area contributed by atoms with Crippen LogP contribution in [-0.4, -0.2) is 61.7 Å². The van der Waals surface area contributed by atoms with E-state index in [1.54, 1.807) is 0 Å². The van der Waals surface area contributed by atoms with E-state index in [-0.39, 0.29) is 17.7 Å². The Morgan fingerprint density at radius 2 is 1.86 bits per heavy atom. The maximum absolute atomic E-state index is 12.7. The molecule has 0 aromatic carbocycles. The third kappa shape index (κ3) is 3.41. The number of carbonyl (C=O) groups is 1. The molecule has 2 rings (SSSR count). The second-order valence-electron chi connectivity index (χ2n) is 5.06. The van der Waals surface area contributed by atoms with Crippen LogP contribution in [0.2, 0.25) is 0 Å². The highest BCUT2D eigenvalue weighted by Crippen LogP contribution is 2.27. The van der Waals surface area contributed by atoms with Gasteiger partial charge in [-0.15, -0.1) is 0 Å². The number of aromatic nitrogens is 2. The molecular formula is C14H22N4O3. The van der Waals surface area contributed by atoms with Gasteiger partial charge < -0.3 is 19.7 Å². The van der Waals surface area contributed by atoms with Crippen LogP contribution in [0.25, 0.3) is 0 Å². The number of methoxy groups -OCH3 is 2. The maximum atomic E-state index is 12.7. The number of ether oxygens (including phenoxy) is 2. The zero-order valence-electron chi connectivity index (χ0n) is 12.8. The quantitative estimate of drug-likeness (QED) is 0.855. The van der Waals surface area contributed by atoms with E-state index in [1.807, 2.05) is 11.9 Å². The molecule has 1 aromatic rings. The molecule has 0 radical (unpaired) electrons. The highest BCUT2D eigenvalue weighted by atomic mass is 16.5. The molecule has 0 saturated carbocycles. The van der Waals surface area contributed by atoms with E-state index < -0.39 is 0 Å². The van der Waals surface area contributed by atoms with Crippen molar-refractivity contribution < 1.29 is 14.3 Å². The molecule has 21 heavy (non-hydrogen) atoms. The minimum atomic E-state index is -0.132. The summed E-state index contributed by atoms with van der Waals surface area (Å²) in [6.45, 7) is 2.45. The van der Waals surface area contributed by atoms with Crippen LogP contribution in [0.3, 0.4) is 0 Å². The fourth-order valence-electron chi connectivity index (χ4n) is 2.63. The van der Waals surface area contributed by atoms with Gasteiger partial charge in [-0.3, -0.25) is 4.79 Å². The molecule has 0 spiro atoms. The largest absolute Gasteiger partial charge is 0.480 e. The average Bonchev–Trinajstić information content (AvgIpc) is 2.54. The second-order valence-corrected chi connectivity index (χ2v) is 5.06. The fraction of sp³-hybridized carbons (Fsp3) is 0.643. The summed E-state index contributed by atoms with van der Waals surface area (Å²) in [6, 6.07) is 0. The van der Waals surface area contributed by atoms with E-state index >= 15 is 0 Å². The normalized spacial score (nSPS) is 15.9. The highest BCUT2D eigenvalue weighted by Gasteiger charge is 2.29. The van der Waals surface area contributed by atoms with E-state index in [0.29, 0.717) is 11.5 Å². The molecule has 1 aromatic heterocycles. The van der Waals surface area contributed by atoms with Gasteiger partial charge in [0, 0.05) is 13.1 Å². The first-order valence-electron chi connectivity index (χ1n) is 7.08. The number of likely N-dealkylation sites (tertiary alicyclic amines) is 1. The van der Waals surface area contributed by atoms with Crippen LogP contribution in [0.4, 0.5) is 0 Å². The molecule has 1 fully saturated rings. The van der Waals surface area contributed by atoms with Crippen LogP contribution in [0.5, 0.6) is 11.8 Å². The van der Waals surface area contributed by atoms with E-state index in [1.165, 1.54) is 20.5 Å². The summed E-state index contributed by atoms with van der Waals surface area (Å²) in [4.78, 5) is 22.5. The standard InChI is InChI=1S/C14H22N4O3/c1-15-8-10-4-6-18(7-5-10)14(19)11-12(20-2)16-9-17-13(11)21-3/h9-10,15H,4-8H2,1-3H3. The molecule has 0 atom stereocenters. The Balaban J connectivity index is 2.14. The van der Waals surface area contributed by atoms with Gasteiger partial charge in [0.2, 0.25) is 11.8 Å². The number of carbonyl (C=O) groups excluding carboxylic acids is 1. The van der Waals surface area contributed by atoms with Crippen molar-refractivity contribution in [3.05, 3.63) is 11.9 Å². The first kappa shape index (κ1) is 15.5. The van der Waals surface area contributed by atoms with E-state index in [4.69, 9.17) is 9.47 Å². The predicted molar refractivity (Wildman–Crippen MR) is 77.7 cm³/mol. The summed E-state index contributed by atoms with van der Waals surface area (Å²) in [5.41, 5.74) is 0.301. The van der Waals surface area contributed by atoms with E-state index in [0.717, 1.165) is 32.5 Å². The van der Waals surface area contributed by atoms with Crippen molar-refractivity contribution in [2.45, 2.75) is 12.8 Å². The SMILES string of the molecule is CNCC1CCN(C(=O)c2c(OC)ncnc2OC)CC1. The summed E-state index contributed by atoms with van der Waals surface area (Å²) in [7, 11) is 4.92. The zero-order valence-corrected chi connectivity index (χ0v) is 12.8. The predicted octanol–water partition coefficient (Wildman–Crippen LogP) is 0.565. The van der Waals surface area contributed by atoms with Gasteiger partial charge in [-0.2, -0.15) is 0 Å². The number of piperidine rings is 1. The molecule has 7 nitrogen and oxygen atoms in total. The number of nitrogens with one attached hydrogen (secondary N) is 1. The van der Waals surface area contributed by atoms with Crippen LogP contribution in [0, 0.1) is 5.92 Å². The molecule has 1 aliphatic rings. The van der Waals surface area contributed by atoms with Crippen LogP contribution >= 0.6 is 0 Å². The summed E-state index contributed by atoms with van der Waals surface area (Å²) in [5.74, 6) is 0.996. The summed E-state index contributed by atoms with van der Waals surface area (Å²) in [6.07, 6.45) is 3.31. The smallest absolute Gasteiger partial charge is 0.264 e. The van der Waals surface area contributed by atoms with Gasteiger partial charge >= 0.3 is 0 Å². The van der Waals surface area contributed by atoms with Crippen molar-refractivity contribution >= 4 is 5.91 Å². The topological polar surface area (TPSA) is 76.6 Å². The lowest BCUT2D eigenvalue weighted by Crippen LogP contribution is -2.40. The molecule has 7 heteroatoms. The van der Waals surface area contributed by atoms with Gasteiger partial charge in [0.15, 0.2) is 5.56 Å². The minimum Gasteiger partial charge on any atom is -0.480 e. The number of hydrogen-bond acceptors (Lipinski definition) is 6. The monoisotopic (exact) mass is 294 g/mol. The summed E-state index contributed by atoms with van der Waals surface area (Å²) >= 11 is 0. The van der Waals surface area contributed by atoms with Gasteiger partial charge in [0.05, 0.1) is 14.2 Å². The van der Waals surface area contributed by atoms with Crippen molar-refractivity contribution in [3.63, 3.8) is 0 Å². The Morgan fingerprint density at radius 1 is 1.29 bits per heavy atom. The summed E-state index contributed by atoms with van der Waals surface area (Å²) in [5, 5.41) is 3.19. The Bertz CT molecular complexity index is 465. The molecule has 0 bridgehead atoms. The third-order valence-electron chi connectivity index (χ3n) is 3.77. The number of amides is 1. The highest BCUT2D eigenvalue weighted by molar-refractivity contribution is 5.98. The lowest BCUT2D eigenvalue weighted by Gasteiger charge is -2.32. The Morgan fingerprint density at radius 3 is 2.33 bits per heavy atom. The average molecular weight is 294 g/mol. The van der Waals surface area contributed by atoms with Crippen molar-refractivity contribution in [1.82, 2.24) is 20.2 Å². The zero-order chi connectivity index (χ0) is 15.2.